The number of rotatable bonds is 3. The smallest absolute Gasteiger partial charge is 0.0582 e. The molecule has 2 rings (SSSR count). The van der Waals surface area contributed by atoms with Gasteiger partial charge in [-0.1, -0.05) is 30.0 Å². The predicted octanol–water partition coefficient (Wildman–Crippen LogP) is 2.44. The fourth-order valence-corrected chi connectivity index (χ4v) is 2.26. The summed E-state index contributed by atoms with van der Waals surface area (Å²) < 4.78 is 5.38. The highest BCUT2D eigenvalue weighted by Gasteiger charge is 2.19. The SMILES string of the molecule is C[C@H](NCC#Cc1ccccc1)C1CCOCC1. The number of hydrogen-bond acceptors (Lipinski definition) is 2. The van der Waals surface area contributed by atoms with Gasteiger partial charge in [-0.15, -0.1) is 0 Å². The molecule has 0 amide bonds. The maximum Gasteiger partial charge on any atom is 0.0582 e. The Morgan fingerprint density at radius 2 is 2.00 bits per heavy atom. The first kappa shape index (κ1) is 13.1. The molecule has 1 aliphatic heterocycles. The molecule has 0 spiro atoms. The van der Waals surface area contributed by atoms with Gasteiger partial charge in [-0.25, -0.2) is 0 Å². The topological polar surface area (TPSA) is 21.3 Å². The Bertz CT molecular complexity index is 398. The first-order chi connectivity index (χ1) is 8.86. The molecule has 1 aromatic rings. The largest absolute Gasteiger partial charge is 0.381 e. The molecule has 1 atom stereocenters. The van der Waals surface area contributed by atoms with E-state index >= 15 is 0 Å². The van der Waals surface area contributed by atoms with Gasteiger partial charge in [0.25, 0.3) is 0 Å². The van der Waals surface area contributed by atoms with Crippen molar-refractivity contribution in [3.05, 3.63) is 35.9 Å². The van der Waals surface area contributed by atoms with E-state index in [1.165, 1.54) is 12.8 Å². The molecule has 0 saturated carbocycles. The van der Waals surface area contributed by atoms with Gasteiger partial charge in [0.2, 0.25) is 0 Å². The summed E-state index contributed by atoms with van der Waals surface area (Å²) in [7, 11) is 0. The first-order valence-electron chi connectivity index (χ1n) is 6.71. The Hall–Kier alpha value is -1.30. The van der Waals surface area contributed by atoms with Crippen LogP contribution in [0.15, 0.2) is 30.3 Å². The lowest BCUT2D eigenvalue weighted by Gasteiger charge is -2.27. The Morgan fingerprint density at radius 1 is 1.28 bits per heavy atom. The number of nitrogens with one attached hydrogen (secondary N) is 1. The normalized spacial score (nSPS) is 17.8. The van der Waals surface area contributed by atoms with Crippen molar-refractivity contribution < 1.29 is 4.74 Å². The van der Waals surface area contributed by atoms with E-state index in [-0.39, 0.29) is 0 Å². The van der Waals surface area contributed by atoms with Gasteiger partial charge in [0.15, 0.2) is 0 Å². The predicted molar refractivity (Wildman–Crippen MR) is 74.3 cm³/mol. The molecule has 18 heavy (non-hydrogen) atoms. The molecule has 2 nitrogen and oxygen atoms in total. The number of ether oxygens (including phenoxy) is 1. The third-order valence-electron chi connectivity index (χ3n) is 3.49. The van der Waals surface area contributed by atoms with Crippen LogP contribution in [0.5, 0.6) is 0 Å². The van der Waals surface area contributed by atoms with Crippen LogP contribution in [0.1, 0.15) is 25.3 Å². The third-order valence-corrected chi connectivity index (χ3v) is 3.49. The minimum atomic E-state index is 0.527. The van der Waals surface area contributed by atoms with Crippen molar-refractivity contribution in [3.63, 3.8) is 0 Å². The Morgan fingerprint density at radius 3 is 2.72 bits per heavy atom. The van der Waals surface area contributed by atoms with E-state index in [1.54, 1.807) is 0 Å². The second-order valence-electron chi connectivity index (χ2n) is 4.79. The molecule has 0 radical (unpaired) electrons. The van der Waals surface area contributed by atoms with Gasteiger partial charge < -0.3 is 10.1 Å². The lowest BCUT2D eigenvalue weighted by Crippen LogP contribution is -2.36. The zero-order valence-corrected chi connectivity index (χ0v) is 11.0. The van der Waals surface area contributed by atoms with Crippen LogP contribution in [0, 0.1) is 17.8 Å². The highest BCUT2D eigenvalue weighted by Crippen LogP contribution is 2.18. The second-order valence-corrected chi connectivity index (χ2v) is 4.79. The van der Waals surface area contributed by atoms with Gasteiger partial charge in [-0.3, -0.25) is 0 Å². The van der Waals surface area contributed by atoms with Crippen molar-refractivity contribution in [2.24, 2.45) is 5.92 Å². The fraction of sp³-hybridized carbons (Fsp3) is 0.500. The van der Waals surface area contributed by atoms with Crippen molar-refractivity contribution in [2.75, 3.05) is 19.8 Å². The summed E-state index contributed by atoms with van der Waals surface area (Å²) in [4.78, 5) is 0. The van der Waals surface area contributed by atoms with Crippen LogP contribution in [0.2, 0.25) is 0 Å². The molecule has 0 aromatic heterocycles. The highest BCUT2D eigenvalue weighted by molar-refractivity contribution is 5.33. The lowest BCUT2D eigenvalue weighted by molar-refractivity contribution is 0.0565. The van der Waals surface area contributed by atoms with Crippen LogP contribution < -0.4 is 5.32 Å². The minimum Gasteiger partial charge on any atom is -0.381 e. The molecule has 1 aromatic carbocycles. The summed E-state index contributed by atoms with van der Waals surface area (Å²) in [5, 5.41) is 3.49. The van der Waals surface area contributed by atoms with Crippen LogP contribution in [-0.2, 0) is 4.74 Å². The van der Waals surface area contributed by atoms with Gasteiger partial charge in [0.1, 0.15) is 0 Å². The molecule has 96 valence electrons. The molecular formula is C16H21NO. The molecule has 2 heteroatoms. The average molecular weight is 243 g/mol. The standard InChI is InChI=1S/C16H21NO/c1-14(16-9-12-18-13-10-16)17-11-5-8-15-6-3-2-4-7-15/h2-4,6-7,14,16-17H,9-13H2,1H3/t14-/m0/s1. The van der Waals surface area contributed by atoms with Crippen molar-refractivity contribution in [1.82, 2.24) is 5.32 Å². The summed E-state index contributed by atoms with van der Waals surface area (Å²) in [6, 6.07) is 10.6. The van der Waals surface area contributed by atoms with E-state index in [9.17, 15) is 0 Å². The van der Waals surface area contributed by atoms with E-state index in [1.807, 2.05) is 30.3 Å². The molecule has 1 N–H and O–H groups in total. The molecule has 1 heterocycles. The Balaban J connectivity index is 1.73. The maximum atomic E-state index is 5.38. The molecular weight excluding hydrogens is 222 g/mol. The molecule has 0 bridgehead atoms. The summed E-state index contributed by atoms with van der Waals surface area (Å²) in [6.07, 6.45) is 2.33. The van der Waals surface area contributed by atoms with Crippen molar-refractivity contribution >= 4 is 0 Å². The average Bonchev–Trinajstić information content (AvgIpc) is 2.45. The number of hydrogen-bond donors (Lipinski definition) is 1. The Kier molecular flexibility index (Phi) is 5.26. The zero-order valence-electron chi connectivity index (χ0n) is 11.0. The quantitative estimate of drug-likeness (QED) is 0.823. The highest BCUT2D eigenvalue weighted by atomic mass is 16.5. The van der Waals surface area contributed by atoms with Gasteiger partial charge in [-0.2, -0.15) is 0 Å². The van der Waals surface area contributed by atoms with Crippen LogP contribution in [0.25, 0.3) is 0 Å². The van der Waals surface area contributed by atoms with Gasteiger partial charge in [-0.05, 0) is 37.8 Å². The van der Waals surface area contributed by atoms with E-state index in [2.05, 4.69) is 24.1 Å². The molecule has 0 unspecified atom stereocenters. The molecule has 0 aliphatic carbocycles. The van der Waals surface area contributed by atoms with Gasteiger partial charge in [0, 0.05) is 24.8 Å². The summed E-state index contributed by atoms with van der Waals surface area (Å²) in [5.74, 6) is 7.08. The molecule has 1 saturated heterocycles. The fourth-order valence-electron chi connectivity index (χ4n) is 2.26. The molecule has 1 aliphatic rings. The van der Waals surface area contributed by atoms with Crippen LogP contribution in [0.3, 0.4) is 0 Å². The Labute approximate surface area is 110 Å². The second kappa shape index (κ2) is 7.20. The monoisotopic (exact) mass is 243 g/mol. The van der Waals surface area contributed by atoms with Crippen LogP contribution >= 0.6 is 0 Å². The minimum absolute atomic E-state index is 0.527. The van der Waals surface area contributed by atoms with Crippen LogP contribution in [0.4, 0.5) is 0 Å². The summed E-state index contributed by atoms with van der Waals surface area (Å²) in [6.45, 7) is 4.83. The van der Waals surface area contributed by atoms with E-state index in [0.717, 1.165) is 31.2 Å². The van der Waals surface area contributed by atoms with E-state index in [0.29, 0.717) is 6.04 Å². The van der Waals surface area contributed by atoms with Crippen molar-refractivity contribution in [1.29, 1.82) is 0 Å². The summed E-state index contributed by atoms with van der Waals surface area (Å²) in [5.41, 5.74) is 1.08. The first-order valence-corrected chi connectivity index (χ1v) is 6.71. The summed E-state index contributed by atoms with van der Waals surface area (Å²) >= 11 is 0. The van der Waals surface area contributed by atoms with Crippen LogP contribution in [-0.4, -0.2) is 25.8 Å². The van der Waals surface area contributed by atoms with Crippen molar-refractivity contribution in [3.8, 4) is 11.8 Å². The lowest BCUT2D eigenvalue weighted by atomic mass is 9.93. The molecule has 1 fully saturated rings. The zero-order chi connectivity index (χ0) is 12.6. The van der Waals surface area contributed by atoms with Gasteiger partial charge >= 0.3 is 0 Å². The van der Waals surface area contributed by atoms with E-state index < -0.39 is 0 Å². The third kappa shape index (κ3) is 4.18. The maximum absolute atomic E-state index is 5.38. The van der Waals surface area contributed by atoms with Crippen molar-refractivity contribution in [2.45, 2.75) is 25.8 Å². The number of benzene rings is 1. The van der Waals surface area contributed by atoms with E-state index in [4.69, 9.17) is 4.74 Å². The van der Waals surface area contributed by atoms with Gasteiger partial charge in [0.05, 0.1) is 6.54 Å².